The number of aromatic nitrogens is 2. The van der Waals surface area contributed by atoms with Gasteiger partial charge in [-0.15, -0.1) is 11.3 Å². The number of thiophene rings is 1. The number of ether oxygens (including phenoxy) is 1. The summed E-state index contributed by atoms with van der Waals surface area (Å²) in [4.78, 5) is 13.3. The van der Waals surface area contributed by atoms with Crippen LogP contribution in [-0.2, 0) is 4.74 Å². The third kappa shape index (κ3) is 2.81. The van der Waals surface area contributed by atoms with Gasteiger partial charge >= 0.3 is 5.97 Å². The second-order valence-corrected chi connectivity index (χ2v) is 6.39. The van der Waals surface area contributed by atoms with Crippen molar-refractivity contribution >= 4 is 39.1 Å². The van der Waals surface area contributed by atoms with Crippen LogP contribution < -0.4 is 0 Å². The van der Waals surface area contributed by atoms with E-state index in [1.54, 1.807) is 16.8 Å². The Kier molecular flexibility index (Phi) is 4.07. The van der Waals surface area contributed by atoms with Crippen LogP contribution in [-0.4, -0.2) is 21.9 Å². The van der Waals surface area contributed by atoms with E-state index in [4.69, 9.17) is 21.6 Å². The molecule has 5 nitrogen and oxygen atoms in total. The SMILES string of the molecule is Cc1nn(-c2ccccc2Cl)c2sc(C(=O)O[C@@H](C)C#N)cc12. The first kappa shape index (κ1) is 15.5. The lowest BCUT2D eigenvalue weighted by atomic mass is 10.3. The standard InChI is InChI=1S/C16H12ClN3O2S/c1-9(8-18)22-16(21)14-7-11-10(2)19-20(15(11)23-14)13-6-4-3-5-12(13)17/h3-7,9H,1-2H3/t9-/m0/s1. The van der Waals surface area contributed by atoms with Gasteiger partial charge in [-0.05, 0) is 32.0 Å². The predicted molar refractivity (Wildman–Crippen MR) is 89.2 cm³/mol. The van der Waals surface area contributed by atoms with E-state index in [1.165, 1.54) is 18.3 Å². The maximum atomic E-state index is 12.1. The Balaban J connectivity index is 2.08. The van der Waals surface area contributed by atoms with Crippen molar-refractivity contribution in [3.05, 3.63) is 45.9 Å². The Labute approximate surface area is 141 Å². The number of fused-ring (bicyclic) bond motifs is 1. The van der Waals surface area contributed by atoms with E-state index in [2.05, 4.69) is 5.10 Å². The fourth-order valence-corrected chi connectivity index (χ4v) is 3.45. The van der Waals surface area contributed by atoms with Gasteiger partial charge in [0.2, 0.25) is 0 Å². The lowest BCUT2D eigenvalue weighted by molar-refractivity contribution is 0.0441. The molecule has 23 heavy (non-hydrogen) atoms. The van der Waals surface area contributed by atoms with E-state index in [-0.39, 0.29) is 0 Å². The molecular weight excluding hydrogens is 334 g/mol. The molecule has 1 aromatic carbocycles. The summed E-state index contributed by atoms with van der Waals surface area (Å²) < 4.78 is 6.77. The number of esters is 1. The molecule has 1 atom stereocenters. The summed E-state index contributed by atoms with van der Waals surface area (Å²) in [6.45, 7) is 3.40. The molecule has 2 heterocycles. The Hall–Kier alpha value is -2.36. The van der Waals surface area contributed by atoms with Gasteiger partial charge in [0.25, 0.3) is 0 Å². The van der Waals surface area contributed by atoms with Crippen LogP contribution in [0.15, 0.2) is 30.3 Å². The van der Waals surface area contributed by atoms with Crippen molar-refractivity contribution < 1.29 is 9.53 Å². The number of hydrogen-bond acceptors (Lipinski definition) is 5. The van der Waals surface area contributed by atoms with Crippen molar-refractivity contribution in [3.63, 3.8) is 0 Å². The number of para-hydroxylation sites is 1. The van der Waals surface area contributed by atoms with Crippen molar-refractivity contribution in [1.29, 1.82) is 5.26 Å². The van der Waals surface area contributed by atoms with Crippen molar-refractivity contribution in [2.24, 2.45) is 0 Å². The van der Waals surface area contributed by atoms with Crippen molar-refractivity contribution in [2.75, 3.05) is 0 Å². The highest BCUT2D eigenvalue weighted by molar-refractivity contribution is 7.20. The third-order valence-corrected chi connectivity index (χ3v) is 4.70. The van der Waals surface area contributed by atoms with Gasteiger partial charge in [0.1, 0.15) is 15.8 Å². The van der Waals surface area contributed by atoms with Crippen LogP contribution in [0.5, 0.6) is 0 Å². The minimum absolute atomic E-state index is 0.434. The number of nitrogens with zero attached hydrogens (tertiary/aromatic N) is 3. The molecule has 0 saturated carbocycles. The monoisotopic (exact) mass is 345 g/mol. The third-order valence-electron chi connectivity index (χ3n) is 3.29. The summed E-state index contributed by atoms with van der Waals surface area (Å²) in [5.74, 6) is -0.509. The predicted octanol–water partition coefficient (Wildman–Crippen LogP) is 4.12. The normalized spacial score (nSPS) is 12.1. The van der Waals surface area contributed by atoms with Gasteiger partial charge in [-0.2, -0.15) is 10.4 Å². The number of rotatable bonds is 3. The van der Waals surface area contributed by atoms with Crippen LogP contribution in [0.25, 0.3) is 15.9 Å². The van der Waals surface area contributed by atoms with E-state index >= 15 is 0 Å². The lowest BCUT2D eigenvalue weighted by Crippen LogP contribution is -2.11. The van der Waals surface area contributed by atoms with Gasteiger partial charge in [0.05, 0.1) is 16.4 Å². The van der Waals surface area contributed by atoms with Gasteiger partial charge in [0, 0.05) is 5.39 Å². The van der Waals surface area contributed by atoms with Crippen LogP contribution in [0, 0.1) is 18.3 Å². The summed E-state index contributed by atoms with van der Waals surface area (Å²) in [6.07, 6.45) is -0.783. The minimum atomic E-state index is -0.783. The Morgan fingerprint density at radius 3 is 2.91 bits per heavy atom. The molecule has 0 amide bonds. The summed E-state index contributed by atoms with van der Waals surface area (Å²) in [7, 11) is 0. The maximum absolute atomic E-state index is 12.1. The van der Waals surface area contributed by atoms with Crippen LogP contribution in [0.4, 0.5) is 0 Å². The minimum Gasteiger partial charge on any atom is -0.443 e. The highest BCUT2D eigenvalue weighted by Crippen LogP contribution is 2.32. The first-order valence-electron chi connectivity index (χ1n) is 6.86. The van der Waals surface area contributed by atoms with E-state index in [9.17, 15) is 4.79 Å². The van der Waals surface area contributed by atoms with E-state index in [1.807, 2.05) is 31.2 Å². The number of carbonyl (C=O) groups is 1. The topological polar surface area (TPSA) is 67.9 Å². The van der Waals surface area contributed by atoms with Gasteiger partial charge in [-0.3, -0.25) is 0 Å². The summed E-state index contributed by atoms with van der Waals surface area (Å²) in [5.41, 5.74) is 1.54. The maximum Gasteiger partial charge on any atom is 0.349 e. The molecule has 7 heteroatoms. The Morgan fingerprint density at radius 2 is 2.22 bits per heavy atom. The molecule has 0 saturated heterocycles. The zero-order valence-corrected chi connectivity index (χ0v) is 14.0. The fraction of sp³-hybridized carbons (Fsp3) is 0.188. The quantitative estimate of drug-likeness (QED) is 0.670. The number of hydrogen-bond donors (Lipinski definition) is 0. The van der Waals surface area contributed by atoms with Gasteiger partial charge in [-0.25, -0.2) is 9.48 Å². The number of halogens is 1. The number of carbonyl (C=O) groups excluding carboxylic acids is 1. The van der Waals surface area contributed by atoms with E-state index in [0.717, 1.165) is 21.6 Å². The average Bonchev–Trinajstić information content (AvgIpc) is 3.09. The number of nitriles is 1. The molecule has 0 fully saturated rings. The zero-order chi connectivity index (χ0) is 16.6. The molecular formula is C16H12ClN3O2S. The summed E-state index contributed by atoms with van der Waals surface area (Å²) in [6, 6.07) is 11.0. The molecule has 0 radical (unpaired) electrons. The molecule has 0 N–H and O–H groups in total. The number of aryl methyl sites for hydroxylation is 1. The van der Waals surface area contributed by atoms with Crippen molar-refractivity contribution in [1.82, 2.24) is 9.78 Å². The molecule has 0 aliphatic carbocycles. The number of benzene rings is 1. The van der Waals surface area contributed by atoms with Gasteiger partial charge in [0.15, 0.2) is 6.10 Å². The molecule has 3 aromatic rings. The largest absolute Gasteiger partial charge is 0.443 e. The molecule has 0 spiro atoms. The first-order chi connectivity index (χ1) is 11.0. The Morgan fingerprint density at radius 1 is 1.48 bits per heavy atom. The molecule has 116 valence electrons. The van der Waals surface area contributed by atoms with E-state index < -0.39 is 12.1 Å². The molecule has 0 bridgehead atoms. The molecule has 0 aliphatic rings. The first-order valence-corrected chi connectivity index (χ1v) is 8.05. The molecule has 2 aromatic heterocycles. The highest BCUT2D eigenvalue weighted by Gasteiger charge is 2.20. The van der Waals surface area contributed by atoms with Crippen LogP contribution in [0.3, 0.4) is 0 Å². The summed E-state index contributed by atoms with van der Waals surface area (Å²) in [5, 5.41) is 14.7. The van der Waals surface area contributed by atoms with Gasteiger partial charge < -0.3 is 4.74 Å². The molecule has 0 unspecified atom stereocenters. The smallest absolute Gasteiger partial charge is 0.349 e. The Bertz CT molecular complexity index is 939. The van der Waals surface area contributed by atoms with E-state index in [0.29, 0.717) is 9.90 Å². The van der Waals surface area contributed by atoms with Crippen LogP contribution >= 0.6 is 22.9 Å². The molecule has 3 rings (SSSR count). The fourth-order valence-electron chi connectivity index (χ4n) is 2.18. The van der Waals surface area contributed by atoms with Crippen molar-refractivity contribution in [2.45, 2.75) is 20.0 Å². The summed E-state index contributed by atoms with van der Waals surface area (Å²) >= 11 is 7.51. The highest BCUT2D eigenvalue weighted by atomic mass is 35.5. The van der Waals surface area contributed by atoms with Gasteiger partial charge in [-0.1, -0.05) is 23.7 Å². The van der Waals surface area contributed by atoms with Crippen LogP contribution in [0.2, 0.25) is 5.02 Å². The average molecular weight is 346 g/mol. The second kappa shape index (κ2) is 6.03. The zero-order valence-electron chi connectivity index (χ0n) is 12.4. The molecule has 0 aliphatic heterocycles. The van der Waals surface area contributed by atoms with Crippen LogP contribution in [0.1, 0.15) is 22.3 Å². The second-order valence-electron chi connectivity index (χ2n) is 4.95. The van der Waals surface area contributed by atoms with Crippen molar-refractivity contribution in [3.8, 4) is 11.8 Å². The lowest BCUT2D eigenvalue weighted by Gasteiger charge is -2.05.